The van der Waals surface area contributed by atoms with Gasteiger partial charge in [0.1, 0.15) is 5.75 Å². The number of fused-ring (bicyclic) bond motifs is 1. The summed E-state index contributed by atoms with van der Waals surface area (Å²) in [6, 6.07) is 13.6. The van der Waals surface area contributed by atoms with E-state index < -0.39 is 0 Å². The molecule has 0 radical (unpaired) electrons. The molecule has 0 spiro atoms. The lowest BCUT2D eigenvalue weighted by Crippen LogP contribution is -2.12. The van der Waals surface area contributed by atoms with Gasteiger partial charge in [0.05, 0.1) is 12.1 Å². The van der Waals surface area contributed by atoms with E-state index >= 15 is 0 Å². The van der Waals surface area contributed by atoms with Gasteiger partial charge in [-0.1, -0.05) is 17.7 Å². The SMILES string of the molecule is COc1ccc(CCC(=O)Nc2ccc3sccc3c2)cc1Cl. The third kappa shape index (κ3) is 3.84. The van der Waals surface area contributed by atoms with Gasteiger partial charge in [-0.25, -0.2) is 0 Å². The molecule has 5 heteroatoms. The molecule has 3 rings (SSSR count). The average Bonchev–Trinajstić information content (AvgIpc) is 3.01. The van der Waals surface area contributed by atoms with Gasteiger partial charge in [0, 0.05) is 16.8 Å². The lowest BCUT2D eigenvalue weighted by Gasteiger charge is -2.07. The zero-order valence-electron chi connectivity index (χ0n) is 12.6. The molecule has 0 aliphatic rings. The Balaban J connectivity index is 1.59. The second-order valence-electron chi connectivity index (χ2n) is 5.19. The number of thiophene rings is 1. The van der Waals surface area contributed by atoms with Crippen LogP contribution in [0.1, 0.15) is 12.0 Å². The molecule has 0 bridgehead atoms. The maximum Gasteiger partial charge on any atom is 0.224 e. The fourth-order valence-corrected chi connectivity index (χ4v) is 3.44. The summed E-state index contributed by atoms with van der Waals surface area (Å²) in [5.74, 6) is 0.635. The molecule has 0 unspecified atom stereocenters. The highest BCUT2D eigenvalue weighted by Gasteiger charge is 2.06. The maximum atomic E-state index is 12.1. The van der Waals surface area contributed by atoms with E-state index in [1.807, 2.05) is 41.8 Å². The quantitative estimate of drug-likeness (QED) is 0.695. The lowest BCUT2D eigenvalue weighted by molar-refractivity contribution is -0.116. The van der Waals surface area contributed by atoms with Crippen LogP contribution in [0.3, 0.4) is 0 Å². The summed E-state index contributed by atoms with van der Waals surface area (Å²) in [7, 11) is 1.58. The van der Waals surface area contributed by atoms with E-state index in [1.54, 1.807) is 18.4 Å². The smallest absolute Gasteiger partial charge is 0.224 e. The number of carbonyl (C=O) groups is 1. The van der Waals surface area contributed by atoms with Gasteiger partial charge in [-0.2, -0.15) is 0 Å². The molecule has 0 aliphatic heterocycles. The molecule has 0 saturated heterocycles. The Kier molecular flexibility index (Phi) is 4.84. The van der Waals surface area contributed by atoms with Crippen molar-refractivity contribution in [2.75, 3.05) is 12.4 Å². The summed E-state index contributed by atoms with van der Waals surface area (Å²) < 4.78 is 6.34. The van der Waals surface area contributed by atoms with Gasteiger partial charge in [0.15, 0.2) is 0 Å². The normalized spacial score (nSPS) is 10.7. The van der Waals surface area contributed by atoms with E-state index in [2.05, 4.69) is 11.4 Å². The third-order valence-corrected chi connectivity index (χ3v) is 4.79. The van der Waals surface area contributed by atoms with E-state index in [4.69, 9.17) is 16.3 Å². The molecule has 0 aliphatic carbocycles. The van der Waals surface area contributed by atoms with Crippen LogP contribution < -0.4 is 10.1 Å². The van der Waals surface area contributed by atoms with Gasteiger partial charge < -0.3 is 10.1 Å². The molecule has 1 heterocycles. The number of benzene rings is 2. The first kappa shape index (κ1) is 15.8. The van der Waals surface area contributed by atoms with Crippen molar-refractivity contribution in [3.05, 3.63) is 58.4 Å². The first-order valence-electron chi connectivity index (χ1n) is 7.25. The summed E-state index contributed by atoms with van der Waals surface area (Å²) in [6.45, 7) is 0. The number of nitrogens with one attached hydrogen (secondary N) is 1. The number of hydrogen-bond acceptors (Lipinski definition) is 3. The monoisotopic (exact) mass is 345 g/mol. The molecule has 3 nitrogen and oxygen atoms in total. The zero-order chi connectivity index (χ0) is 16.2. The highest BCUT2D eigenvalue weighted by molar-refractivity contribution is 7.17. The Bertz CT molecular complexity index is 844. The number of ether oxygens (including phenoxy) is 1. The van der Waals surface area contributed by atoms with Crippen LogP contribution in [0.5, 0.6) is 5.75 Å². The van der Waals surface area contributed by atoms with Crippen LogP contribution in [0.25, 0.3) is 10.1 Å². The maximum absolute atomic E-state index is 12.1. The van der Waals surface area contributed by atoms with Gasteiger partial charge in [-0.15, -0.1) is 11.3 Å². The minimum Gasteiger partial charge on any atom is -0.495 e. The number of amides is 1. The first-order chi connectivity index (χ1) is 11.2. The van der Waals surface area contributed by atoms with Crippen LogP contribution in [-0.2, 0) is 11.2 Å². The molecular weight excluding hydrogens is 330 g/mol. The lowest BCUT2D eigenvalue weighted by atomic mass is 10.1. The number of carbonyl (C=O) groups excluding carboxylic acids is 1. The molecule has 3 aromatic rings. The van der Waals surface area contributed by atoms with E-state index in [1.165, 1.54) is 4.70 Å². The first-order valence-corrected chi connectivity index (χ1v) is 8.51. The molecule has 0 atom stereocenters. The van der Waals surface area contributed by atoms with E-state index in [9.17, 15) is 4.79 Å². The van der Waals surface area contributed by atoms with Crippen molar-refractivity contribution in [1.82, 2.24) is 0 Å². The van der Waals surface area contributed by atoms with Gasteiger partial charge >= 0.3 is 0 Å². The Morgan fingerprint density at radius 2 is 2.09 bits per heavy atom. The standard InChI is InChI=1S/C18H16ClNO2S/c1-22-16-5-2-12(10-15(16)19)3-7-18(21)20-14-4-6-17-13(11-14)8-9-23-17/h2,4-6,8-11H,3,7H2,1H3,(H,20,21). The van der Waals surface area contributed by atoms with Crippen LogP contribution in [-0.4, -0.2) is 13.0 Å². The number of methoxy groups -OCH3 is 1. The molecule has 0 fully saturated rings. The third-order valence-electron chi connectivity index (χ3n) is 3.59. The number of anilines is 1. The summed E-state index contributed by atoms with van der Waals surface area (Å²) in [4.78, 5) is 12.1. The minimum absolute atomic E-state index is 0.00785. The number of rotatable bonds is 5. The van der Waals surface area contributed by atoms with Crippen LogP contribution >= 0.6 is 22.9 Å². The molecule has 0 saturated carbocycles. The largest absolute Gasteiger partial charge is 0.495 e. The van der Waals surface area contributed by atoms with Gasteiger partial charge in [-0.05, 0) is 59.1 Å². The highest BCUT2D eigenvalue weighted by atomic mass is 35.5. The Hall–Kier alpha value is -2.04. The predicted molar refractivity (Wildman–Crippen MR) is 96.8 cm³/mol. The summed E-state index contributed by atoms with van der Waals surface area (Å²) in [6.07, 6.45) is 1.04. The Labute approximate surface area is 143 Å². The fraction of sp³-hybridized carbons (Fsp3) is 0.167. The zero-order valence-corrected chi connectivity index (χ0v) is 14.2. The second-order valence-corrected chi connectivity index (χ2v) is 6.55. The van der Waals surface area contributed by atoms with Gasteiger partial charge in [0.25, 0.3) is 0 Å². The van der Waals surface area contributed by atoms with E-state index in [0.29, 0.717) is 23.6 Å². The van der Waals surface area contributed by atoms with E-state index in [-0.39, 0.29) is 5.91 Å². The average molecular weight is 346 g/mol. The molecular formula is C18H16ClNO2S. The van der Waals surface area contributed by atoms with Crippen LogP contribution in [0, 0.1) is 0 Å². The van der Waals surface area contributed by atoms with Gasteiger partial charge in [-0.3, -0.25) is 4.79 Å². The van der Waals surface area contributed by atoms with Crippen molar-refractivity contribution in [1.29, 1.82) is 0 Å². The van der Waals surface area contributed by atoms with Crippen molar-refractivity contribution in [2.24, 2.45) is 0 Å². The van der Waals surface area contributed by atoms with Crippen LogP contribution in [0.2, 0.25) is 5.02 Å². The highest BCUT2D eigenvalue weighted by Crippen LogP contribution is 2.26. The molecule has 1 aromatic heterocycles. The molecule has 1 amide bonds. The van der Waals surface area contributed by atoms with Crippen molar-refractivity contribution in [2.45, 2.75) is 12.8 Å². The fourth-order valence-electron chi connectivity index (χ4n) is 2.39. The summed E-state index contributed by atoms with van der Waals surface area (Å²) >= 11 is 7.79. The Morgan fingerprint density at radius 3 is 2.87 bits per heavy atom. The topological polar surface area (TPSA) is 38.3 Å². The second kappa shape index (κ2) is 7.02. The van der Waals surface area contributed by atoms with Crippen LogP contribution in [0.4, 0.5) is 5.69 Å². The molecule has 2 aromatic carbocycles. The van der Waals surface area contributed by atoms with Crippen molar-refractivity contribution in [3.63, 3.8) is 0 Å². The predicted octanol–water partition coefficient (Wildman–Crippen LogP) is 5.13. The van der Waals surface area contributed by atoms with Gasteiger partial charge in [0.2, 0.25) is 5.91 Å². The minimum atomic E-state index is -0.00785. The number of hydrogen-bond donors (Lipinski definition) is 1. The van der Waals surface area contributed by atoms with E-state index in [0.717, 1.165) is 16.6 Å². The number of halogens is 1. The molecule has 1 N–H and O–H groups in total. The van der Waals surface area contributed by atoms with Crippen molar-refractivity contribution in [3.8, 4) is 5.75 Å². The summed E-state index contributed by atoms with van der Waals surface area (Å²) in [5, 5.41) is 6.70. The van der Waals surface area contributed by atoms with Crippen molar-refractivity contribution < 1.29 is 9.53 Å². The van der Waals surface area contributed by atoms with Crippen LogP contribution in [0.15, 0.2) is 47.8 Å². The molecule has 23 heavy (non-hydrogen) atoms. The van der Waals surface area contributed by atoms with Crippen molar-refractivity contribution >= 4 is 44.6 Å². The Morgan fingerprint density at radius 1 is 1.22 bits per heavy atom. The number of aryl methyl sites for hydroxylation is 1. The summed E-state index contributed by atoms with van der Waals surface area (Å²) in [5.41, 5.74) is 1.84. The molecule has 118 valence electrons.